The van der Waals surface area contributed by atoms with Crippen molar-refractivity contribution in [2.45, 2.75) is 18.8 Å². The van der Waals surface area contributed by atoms with Gasteiger partial charge in [-0.05, 0) is 61.4 Å². The summed E-state index contributed by atoms with van der Waals surface area (Å²) in [4.78, 5) is 0. The van der Waals surface area contributed by atoms with Gasteiger partial charge in [0.2, 0.25) is 0 Å². The summed E-state index contributed by atoms with van der Waals surface area (Å²) >= 11 is 0. The van der Waals surface area contributed by atoms with E-state index in [1.807, 2.05) is 6.20 Å². The van der Waals surface area contributed by atoms with Crippen LogP contribution in [0.5, 0.6) is 0 Å². The fraction of sp³-hybridized carbons (Fsp3) is 0.500. The van der Waals surface area contributed by atoms with E-state index >= 15 is 0 Å². The molecule has 3 atom stereocenters. The first-order chi connectivity index (χ1) is 8.40. The third-order valence-electron chi connectivity index (χ3n) is 4.59. The molecule has 2 fully saturated rings. The Bertz CT molecular complexity index is 533. The molecule has 0 spiro atoms. The van der Waals surface area contributed by atoms with Crippen molar-refractivity contribution in [3.05, 3.63) is 30.0 Å². The van der Waals surface area contributed by atoms with Gasteiger partial charge in [-0.1, -0.05) is 6.07 Å². The zero-order chi connectivity index (χ0) is 11.2. The number of aromatic nitrogens is 2. The van der Waals surface area contributed by atoms with E-state index in [0.29, 0.717) is 0 Å². The van der Waals surface area contributed by atoms with Crippen LogP contribution in [0.4, 0.5) is 0 Å². The van der Waals surface area contributed by atoms with Crippen molar-refractivity contribution in [1.82, 2.24) is 15.5 Å². The SMILES string of the molecule is c1cc2[nH]ncc2cc1C1C[C@H]2CNC[C@H]2C1. The molecule has 1 aromatic carbocycles. The quantitative estimate of drug-likeness (QED) is 0.784. The lowest BCUT2D eigenvalue weighted by atomic mass is 9.95. The van der Waals surface area contributed by atoms with Gasteiger partial charge in [0.15, 0.2) is 0 Å². The number of H-pyrrole nitrogens is 1. The van der Waals surface area contributed by atoms with E-state index in [1.54, 1.807) is 0 Å². The number of fused-ring (bicyclic) bond motifs is 2. The Hall–Kier alpha value is -1.35. The van der Waals surface area contributed by atoms with E-state index in [9.17, 15) is 0 Å². The second-order valence-corrected chi connectivity index (χ2v) is 5.56. The molecule has 1 saturated carbocycles. The Kier molecular flexibility index (Phi) is 2.03. The number of nitrogens with one attached hydrogen (secondary N) is 2. The molecule has 0 bridgehead atoms. The summed E-state index contributed by atoms with van der Waals surface area (Å²) < 4.78 is 0. The first-order valence-electron chi connectivity index (χ1n) is 6.54. The molecule has 1 unspecified atom stereocenters. The van der Waals surface area contributed by atoms with Crippen LogP contribution in [0.1, 0.15) is 24.3 Å². The van der Waals surface area contributed by atoms with Crippen LogP contribution in [0.2, 0.25) is 0 Å². The average Bonchev–Trinajstić information content (AvgIpc) is 3.02. The maximum atomic E-state index is 4.09. The second kappa shape index (κ2) is 3.57. The molecule has 4 rings (SSSR count). The van der Waals surface area contributed by atoms with Crippen LogP contribution in [-0.4, -0.2) is 23.3 Å². The Morgan fingerprint density at radius 1 is 1.12 bits per heavy atom. The predicted molar refractivity (Wildman–Crippen MR) is 67.9 cm³/mol. The molecule has 0 amide bonds. The van der Waals surface area contributed by atoms with Gasteiger partial charge in [-0.2, -0.15) is 5.10 Å². The van der Waals surface area contributed by atoms with Gasteiger partial charge in [-0.25, -0.2) is 0 Å². The van der Waals surface area contributed by atoms with Crippen molar-refractivity contribution in [1.29, 1.82) is 0 Å². The Labute approximate surface area is 101 Å². The molecule has 1 aliphatic carbocycles. The minimum absolute atomic E-state index is 0.770. The molecule has 2 N–H and O–H groups in total. The highest BCUT2D eigenvalue weighted by molar-refractivity contribution is 5.78. The highest BCUT2D eigenvalue weighted by Gasteiger charge is 2.37. The lowest BCUT2D eigenvalue weighted by Crippen LogP contribution is -2.11. The molecule has 1 aliphatic heterocycles. The van der Waals surface area contributed by atoms with Crippen LogP contribution in [0.25, 0.3) is 10.9 Å². The first kappa shape index (κ1) is 9.66. The zero-order valence-electron chi connectivity index (χ0n) is 9.82. The monoisotopic (exact) mass is 227 g/mol. The van der Waals surface area contributed by atoms with Crippen molar-refractivity contribution in [2.24, 2.45) is 11.8 Å². The molecule has 88 valence electrons. The summed E-state index contributed by atoms with van der Waals surface area (Å²) in [6.45, 7) is 2.46. The standard InChI is InChI=1S/C14H17N3/c1-2-14-13(8-16-17-14)3-9(1)10-4-11-6-15-7-12(11)5-10/h1-3,8,10-12,15H,4-7H2,(H,16,17)/t10?,11-,12+. The fourth-order valence-electron chi connectivity index (χ4n) is 3.65. The summed E-state index contributed by atoms with van der Waals surface area (Å²) in [7, 11) is 0. The zero-order valence-corrected chi connectivity index (χ0v) is 9.82. The molecule has 2 heterocycles. The van der Waals surface area contributed by atoms with Gasteiger partial charge >= 0.3 is 0 Å². The largest absolute Gasteiger partial charge is 0.316 e. The Balaban J connectivity index is 1.66. The van der Waals surface area contributed by atoms with Crippen LogP contribution >= 0.6 is 0 Å². The van der Waals surface area contributed by atoms with Gasteiger partial charge < -0.3 is 5.32 Å². The molecule has 1 aromatic heterocycles. The maximum absolute atomic E-state index is 4.09. The Morgan fingerprint density at radius 3 is 2.76 bits per heavy atom. The summed E-state index contributed by atoms with van der Waals surface area (Å²) in [5.41, 5.74) is 2.65. The highest BCUT2D eigenvalue weighted by atomic mass is 15.1. The molecule has 3 heteroatoms. The normalized spacial score (nSPS) is 32.1. The van der Waals surface area contributed by atoms with E-state index in [0.717, 1.165) is 23.3 Å². The number of rotatable bonds is 1. The van der Waals surface area contributed by atoms with Gasteiger partial charge in [0, 0.05) is 5.39 Å². The number of aromatic amines is 1. The van der Waals surface area contributed by atoms with Gasteiger partial charge in [-0.3, -0.25) is 5.10 Å². The van der Waals surface area contributed by atoms with Crippen molar-refractivity contribution in [2.75, 3.05) is 13.1 Å². The molecule has 2 aliphatic rings. The summed E-state index contributed by atoms with van der Waals surface area (Å²) in [6, 6.07) is 6.77. The van der Waals surface area contributed by atoms with Gasteiger partial charge in [0.1, 0.15) is 0 Å². The minimum atomic E-state index is 0.770. The van der Waals surface area contributed by atoms with E-state index in [4.69, 9.17) is 0 Å². The van der Waals surface area contributed by atoms with Crippen LogP contribution < -0.4 is 5.32 Å². The van der Waals surface area contributed by atoms with Crippen LogP contribution in [-0.2, 0) is 0 Å². The number of hydrogen-bond acceptors (Lipinski definition) is 2. The molecule has 3 nitrogen and oxygen atoms in total. The molecular formula is C14H17N3. The van der Waals surface area contributed by atoms with Crippen LogP contribution in [0, 0.1) is 11.8 Å². The molecule has 1 saturated heterocycles. The van der Waals surface area contributed by atoms with Crippen molar-refractivity contribution in [3.8, 4) is 0 Å². The molecule has 0 radical (unpaired) electrons. The van der Waals surface area contributed by atoms with Gasteiger partial charge in [0.05, 0.1) is 11.7 Å². The highest BCUT2D eigenvalue weighted by Crippen LogP contribution is 2.44. The Morgan fingerprint density at radius 2 is 1.94 bits per heavy atom. The smallest absolute Gasteiger partial charge is 0.0650 e. The average molecular weight is 227 g/mol. The fourth-order valence-corrected chi connectivity index (χ4v) is 3.65. The van der Waals surface area contributed by atoms with E-state index in [-0.39, 0.29) is 0 Å². The van der Waals surface area contributed by atoms with Crippen molar-refractivity contribution >= 4 is 10.9 Å². The number of hydrogen-bond donors (Lipinski definition) is 2. The first-order valence-corrected chi connectivity index (χ1v) is 6.54. The molecule has 2 aromatic rings. The lowest BCUT2D eigenvalue weighted by Gasteiger charge is -2.11. The van der Waals surface area contributed by atoms with Crippen molar-refractivity contribution < 1.29 is 0 Å². The number of nitrogens with zero attached hydrogens (tertiary/aromatic N) is 1. The third-order valence-corrected chi connectivity index (χ3v) is 4.59. The molecular weight excluding hydrogens is 210 g/mol. The second-order valence-electron chi connectivity index (χ2n) is 5.56. The van der Waals surface area contributed by atoms with Gasteiger partial charge in [-0.15, -0.1) is 0 Å². The maximum Gasteiger partial charge on any atom is 0.0650 e. The summed E-state index contributed by atoms with van der Waals surface area (Å²) in [5, 5.41) is 11.9. The lowest BCUT2D eigenvalue weighted by molar-refractivity contribution is 0.494. The van der Waals surface area contributed by atoms with Crippen LogP contribution in [0.3, 0.4) is 0 Å². The minimum Gasteiger partial charge on any atom is -0.316 e. The van der Waals surface area contributed by atoms with E-state index < -0.39 is 0 Å². The summed E-state index contributed by atoms with van der Waals surface area (Å²) in [6.07, 6.45) is 4.65. The molecule has 17 heavy (non-hydrogen) atoms. The topological polar surface area (TPSA) is 40.7 Å². The van der Waals surface area contributed by atoms with E-state index in [2.05, 4.69) is 33.7 Å². The predicted octanol–water partition coefficient (Wildman–Crippen LogP) is 2.28. The third kappa shape index (κ3) is 1.49. The van der Waals surface area contributed by atoms with Gasteiger partial charge in [0.25, 0.3) is 0 Å². The summed E-state index contributed by atoms with van der Waals surface area (Å²) in [5.74, 6) is 2.60. The van der Waals surface area contributed by atoms with Crippen molar-refractivity contribution in [3.63, 3.8) is 0 Å². The van der Waals surface area contributed by atoms with E-state index in [1.165, 1.54) is 36.9 Å². The number of benzene rings is 1. The van der Waals surface area contributed by atoms with Crippen LogP contribution in [0.15, 0.2) is 24.4 Å².